The van der Waals surface area contributed by atoms with Gasteiger partial charge in [0.05, 0.1) is 18.3 Å². The average Bonchev–Trinajstić information content (AvgIpc) is 3.50. The van der Waals surface area contributed by atoms with E-state index in [9.17, 15) is 4.79 Å². The van der Waals surface area contributed by atoms with Crippen LogP contribution < -0.4 is 15.0 Å². The number of hydrogen-bond donors (Lipinski definition) is 0. The van der Waals surface area contributed by atoms with E-state index in [2.05, 4.69) is 9.88 Å². The topological polar surface area (TPSA) is 56.6 Å². The lowest BCUT2D eigenvalue weighted by Gasteiger charge is -2.17. The van der Waals surface area contributed by atoms with Crippen molar-refractivity contribution < 1.29 is 9.47 Å². The second kappa shape index (κ2) is 9.55. The second-order valence-electron chi connectivity index (χ2n) is 7.99. The maximum Gasteiger partial charge on any atom is 0.275 e. The normalized spacial score (nSPS) is 14.1. The molecule has 0 unspecified atom stereocenters. The minimum absolute atomic E-state index is 0.122. The first-order valence-corrected chi connectivity index (χ1v) is 12.1. The van der Waals surface area contributed by atoms with E-state index in [0.29, 0.717) is 39.0 Å². The first-order chi connectivity index (χ1) is 16.1. The van der Waals surface area contributed by atoms with Crippen LogP contribution in [-0.2, 0) is 0 Å². The third kappa shape index (κ3) is 4.62. The van der Waals surface area contributed by atoms with Gasteiger partial charge in [-0.25, -0.2) is 4.98 Å². The van der Waals surface area contributed by atoms with Crippen molar-refractivity contribution in [3.8, 4) is 27.6 Å². The molecule has 2 aromatic carbocycles. The van der Waals surface area contributed by atoms with E-state index in [1.54, 1.807) is 13.4 Å². The van der Waals surface area contributed by atoms with Crippen molar-refractivity contribution in [2.75, 3.05) is 33.4 Å². The Kier molecular flexibility index (Phi) is 6.35. The maximum atomic E-state index is 13.3. The summed E-state index contributed by atoms with van der Waals surface area (Å²) in [6.07, 6.45) is 4.08. The number of benzene rings is 2. The van der Waals surface area contributed by atoms with Gasteiger partial charge in [-0.3, -0.25) is 14.3 Å². The zero-order valence-electron chi connectivity index (χ0n) is 18.3. The van der Waals surface area contributed by atoms with Crippen molar-refractivity contribution in [1.82, 2.24) is 14.5 Å². The van der Waals surface area contributed by atoms with Gasteiger partial charge in [0.1, 0.15) is 17.6 Å². The zero-order chi connectivity index (χ0) is 22.8. The number of halogens is 1. The van der Waals surface area contributed by atoms with Gasteiger partial charge < -0.3 is 9.47 Å². The van der Waals surface area contributed by atoms with Gasteiger partial charge in [0.15, 0.2) is 11.5 Å². The fourth-order valence-electron chi connectivity index (χ4n) is 4.10. The molecule has 3 heterocycles. The summed E-state index contributed by atoms with van der Waals surface area (Å²) in [6, 6.07) is 15.0. The van der Waals surface area contributed by atoms with Crippen molar-refractivity contribution in [3.63, 3.8) is 0 Å². The van der Waals surface area contributed by atoms with E-state index in [0.717, 1.165) is 30.1 Å². The zero-order valence-corrected chi connectivity index (χ0v) is 19.9. The number of ether oxygens (including phenoxy) is 2. The molecule has 1 aliphatic rings. The van der Waals surface area contributed by atoms with Gasteiger partial charge in [0, 0.05) is 22.5 Å². The molecular weight excluding hydrogens is 458 g/mol. The Morgan fingerprint density at radius 1 is 1.09 bits per heavy atom. The molecule has 6 nitrogen and oxygen atoms in total. The summed E-state index contributed by atoms with van der Waals surface area (Å²) < 4.78 is 13.6. The average molecular weight is 482 g/mol. The highest BCUT2D eigenvalue weighted by Gasteiger charge is 2.15. The lowest BCUT2D eigenvalue weighted by molar-refractivity contribution is 0.230. The Bertz CT molecular complexity index is 1340. The molecule has 0 spiro atoms. The Morgan fingerprint density at radius 3 is 2.73 bits per heavy atom. The standard InChI is InChI=1S/C25H24ClN3O3S/c1-31-22-14-19(7-8-21(22)32-12-11-28-9-2-3-10-28)29-16-27-20-15-23(33-24(20)25(29)30)17-5-4-6-18(26)13-17/h4-8,13-16H,2-3,9-12H2,1H3. The summed E-state index contributed by atoms with van der Waals surface area (Å²) in [6.45, 7) is 3.78. The Labute approximate surface area is 201 Å². The van der Waals surface area contributed by atoms with Gasteiger partial charge in [-0.2, -0.15) is 0 Å². The summed E-state index contributed by atoms with van der Waals surface area (Å²) >= 11 is 7.55. The van der Waals surface area contributed by atoms with Crippen LogP contribution in [0.5, 0.6) is 11.5 Å². The molecule has 2 aromatic heterocycles. The summed E-state index contributed by atoms with van der Waals surface area (Å²) in [5, 5.41) is 0.658. The van der Waals surface area contributed by atoms with E-state index in [-0.39, 0.29) is 5.56 Å². The monoisotopic (exact) mass is 481 g/mol. The van der Waals surface area contributed by atoms with Gasteiger partial charge in [-0.05, 0) is 61.8 Å². The summed E-state index contributed by atoms with van der Waals surface area (Å²) in [7, 11) is 1.60. The van der Waals surface area contributed by atoms with Gasteiger partial charge >= 0.3 is 0 Å². The fourth-order valence-corrected chi connectivity index (χ4v) is 5.32. The molecule has 0 amide bonds. The van der Waals surface area contributed by atoms with Crippen molar-refractivity contribution in [2.45, 2.75) is 12.8 Å². The number of aromatic nitrogens is 2. The number of fused-ring (bicyclic) bond motifs is 1. The summed E-state index contributed by atoms with van der Waals surface area (Å²) in [5.41, 5.74) is 2.19. The van der Waals surface area contributed by atoms with E-state index >= 15 is 0 Å². The van der Waals surface area contributed by atoms with Crippen LogP contribution in [0.15, 0.2) is 59.7 Å². The number of methoxy groups -OCH3 is 1. The molecule has 1 saturated heterocycles. The third-order valence-electron chi connectivity index (χ3n) is 5.84. The van der Waals surface area contributed by atoms with Crippen LogP contribution in [0.3, 0.4) is 0 Å². The molecule has 0 bridgehead atoms. The molecule has 4 aromatic rings. The maximum absolute atomic E-state index is 13.3. The summed E-state index contributed by atoms with van der Waals surface area (Å²) in [4.78, 5) is 21.2. The molecule has 0 saturated carbocycles. The van der Waals surface area contributed by atoms with Gasteiger partial charge in [-0.15, -0.1) is 11.3 Å². The predicted octanol–water partition coefficient (Wildman–Crippen LogP) is 5.25. The molecule has 0 N–H and O–H groups in total. The van der Waals surface area contributed by atoms with Gasteiger partial charge in [0.2, 0.25) is 0 Å². The molecule has 1 aliphatic heterocycles. The number of rotatable bonds is 7. The molecule has 5 rings (SSSR count). The van der Waals surface area contributed by atoms with Crippen LogP contribution in [0, 0.1) is 0 Å². The highest BCUT2D eigenvalue weighted by atomic mass is 35.5. The third-order valence-corrected chi connectivity index (χ3v) is 7.23. The highest BCUT2D eigenvalue weighted by molar-refractivity contribution is 7.22. The Balaban J connectivity index is 1.42. The largest absolute Gasteiger partial charge is 0.493 e. The van der Waals surface area contributed by atoms with Gasteiger partial charge in [0.25, 0.3) is 5.56 Å². The number of hydrogen-bond acceptors (Lipinski definition) is 6. The van der Waals surface area contributed by atoms with Crippen LogP contribution in [0.1, 0.15) is 12.8 Å². The van der Waals surface area contributed by atoms with Crippen LogP contribution >= 0.6 is 22.9 Å². The molecule has 33 heavy (non-hydrogen) atoms. The number of likely N-dealkylation sites (tertiary alicyclic amines) is 1. The highest BCUT2D eigenvalue weighted by Crippen LogP contribution is 2.33. The Hall–Kier alpha value is -2.87. The van der Waals surface area contributed by atoms with Crippen molar-refractivity contribution >= 4 is 33.2 Å². The van der Waals surface area contributed by atoms with Crippen LogP contribution in [0.4, 0.5) is 0 Å². The quantitative estimate of drug-likeness (QED) is 0.361. The van der Waals surface area contributed by atoms with Crippen LogP contribution in [-0.4, -0.2) is 47.8 Å². The SMILES string of the molecule is COc1cc(-n2cnc3cc(-c4cccc(Cl)c4)sc3c2=O)ccc1OCCN1CCCC1. The lowest BCUT2D eigenvalue weighted by atomic mass is 10.2. The fraction of sp³-hybridized carbons (Fsp3) is 0.280. The molecule has 1 fully saturated rings. The smallest absolute Gasteiger partial charge is 0.275 e. The number of nitrogens with zero attached hydrogens (tertiary/aromatic N) is 3. The van der Waals surface area contributed by atoms with Crippen molar-refractivity contribution in [2.24, 2.45) is 0 Å². The molecule has 170 valence electrons. The molecule has 0 radical (unpaired) electrons. The van der Waals surface area contributed by atoms with E-state index in [1.807, 2.05) is 48.5 Å². The first-order valence-electron chi connectivity index (χ1n) is 10.9. The number of thiophene rings is 1. The van der Waals surface area contributed by atoms with E-state index in [1.165, 1.54) is 28.7 Å². The minimum atomic E-state index is -0.122. The van der Waals surface area contributed by atoms with Crippen LogP contribution in [0.2, 0.25) is 5.02 Å². The van der Waals surface area contributed by atoms with Crippen molar-refractivity contribution in [1.29, 1.82) is 0 Å². The lowest BCUT2D eigenvalue weighted by Crippen LogP contribution is -2.25. The second-order valence-corrected chi connectivity index (χ2v) is 9.48. The van der Waals surface area contributed by atoms with E-state index in [4.69, 9.17) is 21.1 Å². The summed E-state index contributed by atoms with van der Waals surface area (Å²) in [5.74, 6) is 1.26. The molecule has 0 aliphatic carbocycles. The predicted molar refractivity (Wildman–Crippen MR) is 133 cm³/mol. The van der Waals surface area contributed by atoms with Gasteiger partial charge in [-0.1, -0.05) is 23.7 Å². The van der Waals surface area contributed by atoms with Crippen LogP contribution in [0.25, 0.3) is 26.3 Å². The first kappa shape index (κ1) is 21.9. The minimum Gasteiger partial charge on any atom is -0.493 e. The molecule has 0 atom stereocenters. The molecular formula is C25H24ClN3O3S. The molecule has 8 heteroatoms. The Morgan fingerprint density at radius 2 is 1.94 bits per heavy atom. The van der Waals surface area contributed by atoms with Crippen molar-refractivity contribution in [3.05, 3.63) is 70.2 Å². The van der Waals surface area contributed by atoms with E-state index < -0.39 is 0 Å².